The molecule has 0 aromatic carbocycles. The largest absolute Gasteiger partial charge is 0.462 e. The van der Waals surface area contributed by atoms with E-state index in [0.717, 1.165) is 39.1 Å². The highest BCUT2D eigenvalue weighted by Crippen LogP contribution is 2.70. The normalized spacial score (nSPS) is 49.1. The third-order valence-electron chi connectivity index (χ3n) is 8.47. The van der Waals surface area contributed by atoms with Crippen molar-refractivity contribution in [3.63, 3.8) is 0 Å². The first-order valence-electron chi connectivity index (χ1n) is 10.7. The van der Waals surface area contributed by atoms with Gasteiger partial charge in [0.15, 0.2) is 0 Å². The maximum Gasteiger partial charge on any atom is 0.311 e. The number of carbonyl (C=O) groups excluding carboxylic acids is 2. The fourth-order valence-corrected chi connectivity index (χ4v) is 6.97. The van der Waals surface area contributed by atoms with E-state index in [1.807, 2.05) is 4.90 Å². The van der Waals surface area contributed by atoms with Crippen molar-refractivity contribution >= 4 is 11.9 Å². The van der Waals surface area contributed by atoms with E-state index in [1.54, 1.807) is 6.92 Å². The summed E-state index contributed by atoms with van der Waals surface area (Å²) < 4.78 is 12.4. The van der Waals surface area contributed by atoms with Gasteiger partial charge >= 0.3 is 5.97 Å². The van der Waals surface area contributed by atoms with Gasteiger partial charge in [0.1, 0.15) is 11.7 Å². The highest BCUT2D eigenvalue weighted by Gasteiger charge is 2.78. The zero-order valence-corrected chi connectivity index (χ0v) is 16.8. The van der Waals surface area contributed by atoms with E-state index in [9.17, 15) is 9.59 Å². The van der Waals surface area contributed by atoms with Crippen LogP contribution in [0.25, 0.3) is 0 Å². The van der Waals surface area contributed by atoms with E-state index < -0.39 is 0 Å². The molecule has 5 fully saturated rings. The Labute approximate surface area is 161 Å². The van der Waals surface area contributed by atoms with E-state index >= 15 is 0 Å². The van der Waals surface area contributed by atoms with Crippen molar-refractivity contribution in [2.45, 2.75) is 64.3 Å². The summed E-state index contributed by atoms with van der Waals surface area (Å²) >= 11 is 0. The van der Waals surface area contributed by atoms with Crippen LogP contribution in [0.1, 0.15) is 46.5 Å². The van der Waals surface area contributed by atoms with Gasteiger partial charge in [-0.1, -0.05) is 20.3 Å². The Balaban J connectivity index is 1.32. The molecule has 6 heteroatoms. The summed E-state index contributed by atoms with van der Waals surface area (Å²) in [6.07, 6.45) is 4.84. The highest BCUT2D eigenvalue weighted by molar-refractivity contribution is 5.76. The van der Waals surface area contributed by atoms with Crippen LogP contribution in [0.4, 0.5) is 0 Å². The number of hydrogen-bond donors (Lipinski definition) is 0. The molecular formula is C21H32N2O4. The smallest absolute Gasteiger partial charge is 0.311 e. The average Bonchev–Trinajstić information content (AvgIpc) is 3.31. The quantitative estimate of drug-likeness (QED) is 0.542. The first-order chi connectivity index (χ1) is 12.9. The lowest BCUT2D eigenvalue weighted by Crippen LogP contribution is -2.55. The zero-order valence-electron chi connectivity index (χ0n) is 16.8. The standard InChI is InChI=1S/C21H32N2O4/c1-13-5-4-6-20(3)11-16-17(18-21(13,20)27-18)15(19(25)26-16)12-22-7-9-23(10-8-22)14(2)24/h13,15-18H,4-12H2,1-3H3/t13-,15-,16+,17+,18+,20+,21-/m0/s1. The van der Waals surface area contributed by atoms with Crippen molar-refractivity contribution in [1.29, 1.82) is 0 Å². The van der Waals surface area contributed by atoms with E-state index in [0.29, 0.717) is 5.92 Å². The number of piperazine rings is 1. The van der Waals surface area contributed by atoms with Crippen LogP contribution in [0.2, 0.25) is 0 Å². The molecule has 1 amide bonds. The van der Waals surface area contributed by atoms with Gasteiger partial charge in [-0.15, -0.1) is 0 Å². The highest BCUT2D eigenvalue weighted by atomic mass is 16.6. The lowest BCUT2D eigenvalue weighted by atomic mass is 9.53. The summed E-state index contributed by atoms with van der Waals surface area (Å²) in [5.74, 6) is 0.803. The van der Waals surface area contributed by atoms with Crippen molar-refractivity contribution in [2.75, 3.05) is 32.7 Å². The zero-order chi connectivity index (χ0) is 19.0. The third kappa shape index (κ3) is 2.45. The summed E-state index contributed by atoms with van der Waals surface area (Å²) in [4.78, 5) is 28.5. The van der Waals surface area contributed by atoms with Gasteiger partial charge in [0.05, 0.1) is 12.0 Å². The molecule has 7 atom stereocenters. The number of amides is 1. The van der Waals surface area contributed by atoms with Gasteiger partial charge in [0, 0.05) is 51.0 Å². The summed E-state index contributed by atoms with van der Waals surface area (Å²) in [5, 5.41) is 0. The van der Waals surface area contributed by atoms with Crippen LogP contribution in [0.5, 0.6) is 0 Å². The molecule has 150 valence electrons. The molecule has 2 saturated carbocycles. The fraction of sp³-hybridized carbons (Fsp3) is 0.905. The fourth-order valence-electron chi connectivity index (χ4n) is 6.97. The Hall–Kier alpha value is -1.14. The van der Waals surface area contributed by atoms with Crippen molar-refractivity contribution in [3.05, 3.63) is 0 Å². The number of hydrogen-bond acceptors (Lipinski definition) is 5. The van der Waals surface area contributed by atoms with Crippen molar-refractivity contribution in [1.82, 2.24) is 9.80 Å². The molecule has 6 nitrogen and oxygen atoms in total. The molecule has 5 rings (SSSR count). The Morgan fingerprint density at radius 2 is 2.00 bits per heavy atom. The minimum atomic E-state index is -0.0815. The molecular weight excluding hydrogens is 344 g/mol. The molecule has 0 aromatic heterocycles. The molecule has 1 spiro atoms. The Kier molecular flexibility index (Phi) is 3.94. The average molecular weight is 376 g/mol. The van der Waals surface area contributed by atoms with Gasteiger partial charge in [-0.05, 0) is 25.2 Å². The van der Waals surface area contributed by atoms with Gasteiger partial charge in [0.25, 0.3) is 0 Å². The molecule has 5 aliphatic rings. The third-order valence-corrected chi connectivity index (χ3v) is 8.47. The van der Waals surface area contributed by atoms with E-state index in [1.165, 1.54) is 19.3 Å². The molecule has 3 heterocycles. The van der Waals surface area contributed by atoms with Crippen molar-refractivity contribution in [3.8, 4) is 0 Å². The van der Waals surface area contributed by atoms with Crippen molar-refractivity contribution in [2.24, 2.45) is 23.2 Å². The van der Waals surface area contributed by atoms with Crippen molar-refractivity contribution < 1.29 is 19.1 Å². The summed E-state index contributed by atoms with van der Waals surface area (Å²) in [6, 6.07) is 0. The molecule has 0 N–H and O–H groups in total. The number of ether oxygens (including phenoxy) is 2. The van der Waals surface area contributed by atoms with Crippen LogP contribution in [-0.4, -0.2) is 72.2 Å². The topological polar surface area (TPSA) is 62.4 Å². The first kappa shape index (κ1) is 17.9. The minimum absolute atomic E-state index is 0.0219. The Morgan fingerprint density at radius 1 is 1.26 bits per heavy atom. The number of fused-ring (bicyclic) bond motifs is 2. The monoisotopic (exact) mass is 376 g/mol. The predicted molar refractivity (Wildman–Crippen MR) is 98.9 cm³/mol. The van der Waals surface area contributed by atoms with Gasteiger partial charge in [0.2, 0.25) is 5.91 Å². The summed E-state index contributed by atoms with van der Waals surface area (Å²) in [5.41, 5.74) is 0.130. The van der Waals surface area contributed by atoms with Crippen LogP contribution < -0.4 is 0 Å². The van der Waals surface area contributed by atoms with Gasteiger partial charge < -0.3 is 14.4 Å². The summed E-state index contributed by atoms with van der Waals surface area (Å²) in [6.45, 7) is 10.3. The maximum absolute atomic E-state index is 12.8. The molecule has 27 heavy (non-hydrogen) atoms. The molecule has 3 saturated heterocycles. The van der Waals surface area contributed by atoms with E-state index in [-0.39, 0.29) is 46.9 Å². The number of esters is 1. The van der Waals surface area contributed by atoms with Gasteiger partial charge in [-0.2, -0.15) is 0 Å². The number of carbonyl (C=O) groups is 2. The lowest BCUT2D eigenvalue weighted by molar-refractivity contribution is -0.147. The van der Waals surface area contributed by atoms with E-state index in [2.05, 4.69) is 18.7 Å². The van der Waals surface area contributed by atoms with Crippen LogP contribution in [0.3, 0.4) is 0 Å². The number of rotatable bonds is 2. The molecule has 0 unspecified atom stereocenters. The second-order valence-corrected chi connectivity index (χ2v) is 9.86. The van der Waals surface area contributed by atoms with Crippen LogP contribution in [-0.2, 0) is 19.1 Å². The molecule has 0 bridgehead atoms. The number of nitrogens with zero attached hydrogens (tertiary/aromatic N) is 2. The SMILES string of the molecule is CC(=O)N1CCN(C[C@@H]2C(=O)O[C@@H]3C[C@@]4(C)CCC[C@H](C)[C@@]45O[C@@H]5[C@H]23)CC1. The minimum Gasteiger partial charge on any atom is -0.462 e. The van der Waals surface area contributed by atoms with Crippen LogP contribution >= 0.6 is 0 Å². The van der Waals surface area contributed by atoms with Crippen LogP contribution in [0, 0.1) is 23.2 Å². The second kappa shape index (κ2) is 5.93. The second-order valence-electron chi connectivity index (χ2n) is 9.86. The molecule has 3 aliphatic heterocycles. The molecule has 2 aliphatic carbocycles. The molecule has 0 aromatic rings. The van der Waals surface area contributed by atoms with E-state index in [4.69, 9.17) is 9.47 Å². The molecule has 0 radical (unpaired) electrons. The Morgan fingerprint density at radius 3 is 2.70 bits per heavy atom. The van der Waals surface area contributed by atoms with Gasteiger partial charge in [-0.25, -0.2) is 0 Å². The summed E-state index contributed by atoms with van der Waals surface area (Å²) in [7, 11) is 0. The predicted octanol–water partition coefficient (Wildman–Crippen LogP) is 1.68. The Bertz CT molecular complexity index is 661. The number of epoxide rings is 1. The first-order valence-corrected chi connectivity index (χ1v) is 10.7. The van der Waals surface area contributed by atoms with Gasteiger partial charge in [-0.3, -0.25) is 14.5 Å². The lowest BCUT2D eigenvalue weighted by Gasteiger charge is -2.49. The van der Waals surface area contributed by atoms with Crippen LogP contribution in [0.15, 0.2) is 0 Å². The maximum atomic E-state index is 12.8.